The third-order valence-electron chi connectivity index (χ3n) is 2.84. The number of ether oxygens (including phenoxy) is 1. The molecule has 1 fully saturated rings. The number of hydrogen-bond acceptors (Lipinski definition) is 4. The van der Waals surface area contributed by atoms with Crippen LogP contribution in [0.1, 0.15) is 52.9 Å². The summed E-state index contributed by atoms with van der Waals surface area (Å²) in [5.41, 5.74) is -0.598. The van der Waals surface area contributed by atoms with Crippen LogP contribution in [0.25, 0.3) is 0 Å². The summed E-state index contributed by atoms with van der Waals surface area (Å²) in [6.07, 6.45) is 2.17. The number of hydrogen-bond donors (Lipinski definition) is 0. The maximum Gasteiger partial charge on any atom is 0.410 e. The smallest absolute Gasteiger partial charge is 0.410 e. The molecule has 0 aromatic heterocycles. The second-order valence-corrected chi connectivity index (χ2v) is 5.94. The lowest BCUT2D eigenvalue weighted by Gasteiger charge is -2.27. The van der Waals surface area contributed by atoms with Gasteiger partial charge >= 0.3 is 6.09 Å². The lowest BCUT2D eigenvalue weighted by molar-refractivity contribution is -0.123. The molecule has 1 amide bonds. The van der Waals surface area contributed by atoms with Gasteiger partial charge in [-0.25, -0.2) is 4.79 Å². The van der Waals surface area contributed by atoms with Gasteiger partial charge in [-0.3, -0.25) is 9.59 Å². The Morgan fingerprint density at radius 1 is 1.05 bits per heavy atom. The zero-order chi connectivity index (χ0) is 14.5. The van der Waals surface area contributed by atoms with E-state index in [1.165, 1.54) is 4.90 Å². The van der Waals surface area contributed by atoms with E-state index in [2.05, 4.69) is 0 Å². The molecular weight excluding hydrogens is 246 g/mol. The van der Waals surface area contributed by atoms with Crippen LogP contribution in [-0.2, 0) is 14.3 Å². The normalized spacial score (nSPS) is 19.2. The molecule has 0 spiro atoms. The number of Topliss-reactive ketones (excluding diaryl/α,β-unsaturated/α-hetero) is 2. The minimum absolute atomic E-state index is 0.0280. The molecule has 0 N–H and O–H groups in total. The van der Waals surface area contributed by atoms with Crippen molar-refractivity contribution in [1.29, 1.82) is 0 Å². The molecule has 5 nitrogen and oxygen atoms in total. The number of ketones is 2. The summed E-state index contributed by atoms with van der Waals surface area (Å²) in [6.45, 7) is 5.64. The van der Waals surface area contributed by atoms with Gasteiger partial charge in [0.2, 0.25) is 0 Å². The lowest BCUT2D eigenvalue weighted by Crippen LogP contribution is -2.41. The van der Waals surface area contributed by atoms with Crippen molar-refractivity contribution in [3.63, 3.8) is 0 Å². The predicted molar refractivity (Wildman–Crippen MR) is 70.9 cm³/mol. The number of carbonyl (C=O) groups excluding carboxylic acids is 3. The Bertz CT molecular complexity index is 357. The van der Waals surface area contributed by atoms with Gasteiger partial charge in [-0.15, -0.1) is 0 Å². The summed E-state index contributed by atoms with van der Waals surface area (Å²) in [5, 5.41) is 0. The van der Waals surface area contributed by atoms with Crippen LogP contribution >= 0.6 is 0 Å². The van der Waals surface area contributed by atoms with Crippen LogP contribution < -0.4 is 0 Å². The first-order valence-corrected chi connectivity index (χ1v) is 6.79. The molecule has 108 valence electrons. The van der Waals surface area contributed by atoms with Crippen molar-refractivity contribution >= 4 is 17.7 Å². The average molecular weight is 269 g/mol. The molecular formula is C14H23NO4. The van der Waals surface area contributed by atoms with E-state index in [1.807, 2.05) is 0 Å². The Labute approximate surface area is 114 Å². The van der Waals surface area contributed by atoms with Gasteiger partial charge in [-0.05, 0) is 33.6 Å². The third kappa shape index (κ3) is 6.36. The summed E-state index contributed by atoms with van der Waals surface area (Å²) < 4.78 is 5.25. The number of carbonyl (C=O) groups is 3. The molecule has 0 aliphatic carbocycles. The molecule has 1 rings (SSSR count). The largest absolute Gasteiger partial charge is 0.444 e. The standard InChI is InChI=1S/C14H23NO4/c1-14(2,3)19-13(18)15-9-8-11(16)6-4-5-7-12(17)10-15/h4-10H2,1-3H3. The van der Waals surface area contributed by atoms with Crippen LogP contribution in [0.4, 0.5) is 4.79 Å². The van der Waals surface area contributed by atoms with Crippen LogP contribution in [-0.4, -0.2) is 41.3 Å². The molecule has 1 aliphatic heterocycles. The van der Waals surface area contributed by atoms with E-state index < -0.39 is 11.7 Å². The van der Waals surface area contributed by atoms with Crippen LogP contribution in [0.5, 0.6) is 0 Å². The molecule has 1 saturated heterocycles. The fourth-order valence-corrected chi connectivity index (χ4v) is 1.88. The zero-order valence-electron chi connectivity index (χ0n) is 12.0. The fraction of sp³-hybridized carbons (Fsp3) is 0.786. The zero-order valence-corrected chi connectivity index (χ0v) is 12.0. The topological polar surface area (TPSA) is 63.7 Å². The molecule has 0 aromatic carbocycles. The maximum absolute atomic E-state index is 12.0. The van der Waals surface area contributed by atoms with Gasteiger partial charge in [-0.1, -0.05) is 0 Å². The average Bonchev–Trinajstić information content (AvgIpc) is 2.27. The molecule has 0 radical (unpaired) electrons. The summed E-state index contributed by atoms with van der Waals surface area (Å²) in [7, 11) is 0. The summed E-state index contributed by atoms with van der Waals surface area (Å²) in [6, 6.07) is 0. The molecule has 1 heterocycles. The summed E-state index contributed by atoms with van der Waals surface area (Å²) in [4.78, 5) is 36.6. The monoisotopic (exact) mass is 269 g/mol. The van der Waals surface area contributed by atoms with Crippen molar-refractivity contribution in [3.8, 4) is 0 Å². The number of amides is 1. The van der Waals surface area contributed by atoms with Crippen LogP contribution in [0.2, 0.25) is 0 Å². The van der Waals surface area contributed by atoms with Crippen molar-refractivity contribution in [3.05, 3.63) is 0 Å². The minimum atomic E-state index is -0.598. The minimum Gasteiger partial charge on any atom is -0.444 e. The van der Waals surface area contributed by atoms with Gasteiger partial charge in [0.1, 0.15) is 11.4 Å². The molecule has 0 saturated carbocycles. The van der Waals surface area contributed by atoms with Gasteiger partial charge in [0, 0.05) is 25.8 Å². The van der Waals surface area contributed by atoms with Crippen molar-refractivity contribution < 1.29 is 19.1 Å². The van der Waals surface area contributed by atoms with Crippen molar-refractivity contribution in [1.82, 2.24) is 4.90 Å². The van der Waals surface area contributed by atoms with Gasteiger partial charge in [0.05, 0.1) is 6.54 Å². The molecule has 1 aliphatic rings. The van der Waals surface area contributed by atoms with Crippen molar-refractivity contribution in [2.75, 3.05) is 13.1 Å². The van der Waals surface area contributed by atoms with E-state index in [0.717, 1.165) is 6.42 Å². The van der Waals surface area contributed by atoms with E-state index >= 15 is 0 Å². The Morgan fingerprint density at radius 3 is 2.21 bits per heavy atom. The van der Waals surface area contributed by atoms with E-state index in [1.54, 1.807) is 20.8 Å². The Kier molecular flexibility index (Phi) is 5.51. The Hall–Kier alpha value is -1.39. The van der Waals surface area contributed by atoms with Crippen molar-refractivity contribution in [2.45, 2.75) is 58.5 Å². The fourth-order valence-electron chi connectivity index (χ4n) is 1.88. The van der Waals surface area contributed by atoms with Gasteiger partial charge < -0.3 is 9.64 Å². The van der Waals surface area contributed by atoms with Gasteiger partial charge in [-0.2, -0.15) is 0 Å². The summed E-state index contributed by atoms with van der Waals surface area (Å²) in [5.74, 6) is 0.170. The van der Waals surface area contributed by atoms with Gasteiger partial charge in [0.15, 0.2) is 5.78 Å². The molecule has 0 unspecified atom stereocenters. The molecule has 0 bridgehead atoms. The second-order valence-electron chi connectivity index (χ2n) is 5.94. The van der Waals surface area contributed by atoms with E-state index in [4.69, 9.17) is 4.74 Å². The van der Waals surface area contributed by atoms with Crippen LogP contribution in [0, 0.1) is 0 Å². The Morgan fingerprint density at radius 2 is 1.63 bits per heavy atom. The number of rotatable bonds is 0. The van der Waals surface area contributed by atoms with Crippen LogP contribution in [0.15, 0.2) is 0 Å². The molecule has 19 heavy (non-hydrogen) atoms. The molecule has 0 atom stereocenters. The van der Waals surface area contributed by atoms with E-state index in [-0.39, 0.29) is 24.7 Å². The van der Waals surface area contributed by atoms with Crippen molar-refractivity contribution in [2.24, 2.45) is 0 Å². The van der Waals surface area contributed by atoms with Crippen LogP contribution in [0.3, 0.4) is 0 Å². The second kappa shape index (κ2) is 6.68. The first-order chi connectivity index (χ1) is 8.78. The predicted octanol–water partition coefficient (Wildman–Crippen LogP) is 2.33. The highest BCUT2D eigenvalue weighted by Crippen LogP contribution is 2.13. The molecule has 5 heteroatoms. The quantitative estimate of drug-likeness (QED) is 0.677. The first kappa shape index (κ1) is 15.7. The molecule has 0 aromatic rings. The van der Waals surface area contributed by atoms with Gasteiger partial charge in [0.25, 0.3) is 0 Å². The third-order valence-corrected chi connectivity index (χ3v) is 2.84. The SMILES string of the molecule is CC(C)(C)OC(=O)N1CCC(=O)CCCCC(=O)C1. The highest BCUT2D eigenvalue weighted by atomic mass is 16.6. The highest BCUT2D eigenvalue weighted by molar-refractivity contribution is 5.85. The highest BCUT2D eigenvalue weighted by Gasteiger charge is 2.24. The van der Waals surface area contributed by atoms with E-state index in [9.17, 15) is 14.4 Å². The van der Waals surface area contributed by atoms with E-state index in [0.29, 0.717) is 25.7 Å². The lowest BCUT2D eigenvalue weighted by atomic mass is 10.1. The maximum atomic E-state index is 12.0. The summed E-state index contributed by atoms with van der Waals surface area (Å²) >= 11 is 0. The number of nitrogens with zero attached hydrogens (tertiary/aromatic N) is 1. The Balaban J connectivity index is 2.67. The first-order valence-electron chi connectivity index (χ1n) is 6.79.